The maximum absolute atomic E-state index is 14.1. The molecule has 0 unspecified atom stereocenters. The van der Waals surface area contributed by atoms with Gasteiger partial charge in [-0.1, -0.05) is 25.7 Å². The van der Waals surface area contributed by atoms with E-state index in [4.69, 9.17) is 5.73 Å². The van der Waals surface area contributed by atoms with Crippen LogP contribution in [0.15, 0.2) is 24.4 Å². The first-order valence-corrected chi connectivity index (χ1v) is 7.32. The Morgan fingerprint density at radius 1 is 1.35 bits per heavy atom. The third-order valence-corrected chi connectivity index (χ3v) is 4.21. The summed E-state index contributed by atoms with van der Waals surface area (Å²) in [7, 11) is 0. The van der Waals surface area contributed by atoms with E-state index in [2.05, 4.69) is 10.3 Å². The van der Waals surface area contributed by atoms with Gasteiger partial charge in [-0.15, -0.1) is 0 Å². The molecule has 1 aromatic heterocycles. The minimum absolute atomic E-state index is 0.319. The molecule has 1 fully saturated rings. The molecule has 1 aliphatic carbocycles. The average Bonchev–Trinajstić information content (AvgIpc) is 2.96. The summed E-state index contributed by atoms with van der Waals surface area (Å²) in [5.74, 6) is 0.471. The van der Waals surface area contributed by atoms with Gasteiger partial charge >= 0.3 is 0 Å². The highest BCUT2D eigenvalue weighted by Gasteiger charge is 2.16. The first-order valence-electron chi connectivity index (χ1n) is 7.32. The number of benzene rings is 1. The minimum Gasteiger partial charge on any atom is -0.398 e. The molecule has 2 aromatic rings. The van der Waals surface area contributed by atoms with Crippen molar-refractivity contribution in [2.24, 2.45) is 5.92 Å². The van der Waals surface area contributed by atoms with E-state index in [1.54, 1.807) is 6.20 Å². The van der Waals surface area contributed by atoms with Crippen LogP contribution in [0.1, 0.15) is 32.1 Å². The summed E-state index contributed by atoms with van der Waals surface area (Å²) in [6.07, 6.45) is 8.06. The van der Waals surface area contributed by atoms with Crippen molar-refractivity contribution < 1.29 is 4.39 Å². The Balaban J connectivity index is 1.79. The lowest BCUT2D eigenvalue weighted by molar-refractivity contribution is 0.517. The molecule has 3 rings (SSSR count). The molecule has 20 heavy (non-hydrogen) atoms. The van der Waals surface area contributed by atoms with Gasteiger partial charge in [0.15, 0.2) is 5.82 Å². The highest BCUT2D eigenvalue weighted by Crippen LogP contribution is 2.31. The van der Waals surface area contributed by atoms with Crippen LogP contribution in [0.3, 0.4) is 0 Å². The molecule has 1 aromatic carbocycles. The fourth-order valence-electron chi connectivity index (χ4n) is 3.11. The van der Waals surface area contributed by atoms with E-state index >= 15 is 0 Å². The Kier molecular flexibility index (Phi) is 3.72. The average molecular weight is 273 g/mol. The molecule has 1 saturated carbocycles. The monoisotopic (exact) mass is 273 g/mol. The van der Waals surface area contributed by atoms with Gasteiger partial charge in [0, 0.05) is 23.8 Å². The van der Waals surface area contributed by atoms with Crippen LogP contribution in [0.25, 0.3) is 10.9 Å². The Labute approximate surface area is 118 Å². The van der Waals surface area contributed by atoms with Gasteiger partial charge < -0.3 is 11.1 Å². The molecule has 0 radical (unpaired) electrons. The summed E-state index contributed by atoms with van der Waals surface area (Å²) in [5.41, 5.74) is 7.38. The Hall–Kier alpha value is -1.84. The third-order valence-electron chi connectivity index (χ3n) is 4.21. The summed E-state index contributed by atoms with van der Waals surface area (Å²) in [5, 5.41) is 4.02. The van der Waals surface area contributed by atoms with Crippen LogP contribution in [0, 0.1) is 11.7 Å². The number of pyridine rings is 1. The molecule has 0 saturated heterocycles. The number of nitrogens with zero attached hydrogens (tertiary/aromatic N) is 1. The zero-order valence-electron chi connectivity index (χ0n) is 11.5. The molecule has 0 amide bonds. The van der Waals surface area contributed by atoms with Crippen LogP contribution in [-0.2, 0) is 0 Å². The summed E-state index contributed by atoms with van der Waals surface area (Å²) in [4.78, 5) is 4.27. The van der Waals surface area contributed by atoms with Gasteiger partial charge in [-0.25, -0.2) is 4.39 Å². The van der Waals surface area contributed by atoms with Crippen molar-refractivity contribution in [3.05, 3.63) is 30.2 Å². The SMILES string of the molecule is Nc1cc(F)c(NCCC2CCCC2)c2ncccc12. The van der Waals surface area contributed by atoms with E-state index in [9.17, 15) is 4.39 Å². The van der Waals surface area contributed by atoms with Crippen LogP contribution in [0.5, 0.6) is 0 Å². The lowest BCUT2D eigenvalue weighted by Gasteiger charge is -2.14. The second-order valence-corrected chi connectivity index (χ2v) is 5.59. The number of anilines is 2. The fourth-order valence-corrected chi connectivity index (χ4v) is 3.11. The second kappa shape index (κ2) is 5.65. The fraction of sp³-hybridized carbons (Fsp3) is 0.438. The number of nitrogens with one attached hydrogen (secondary N) is 1. The minimum atomic E-state index is -0.319. The topological polar surface area (TPSA) is 50.9 Å². The molecule has 3 N–H and O–H groups in total. The lowest BCUT2D eigenvalue weighted by atomic mass is 10.0. The maximum Gasteiger partial charge on any atom is 0.150 e. The van der Waals surface area contributed by atoms with Crippen molar-refractivity contribution in [2.45, 2.75) is 32.1 Å². The Morgan fingerprint density at radius 3 is 2.95 bits per heavy atom. The zero-order chi connectivity index (χ0) is 13.9. The van der Waals surface area contributed by atoms with Crippen molar-refractivity contribution in [2.75, 3.05) is 17.6 Å². The predicted molar refractivity (Wildman–Crippen MR) is 81.2 cm³/mol. The zero-order valence-corrected chi connectivity index (χ0v) is 11.5. The van der Waals surface area contributed by atoms with Crippen LogP contribution in [0.2, 0.25) is 0 Å². The van der Waals surface area contributed by atoms with Crippen molar-refractivity contribution >= 4 is 22.3 Å². The van der Waals surface area contributed by atoms with Gasteiger partial charge in [0.25, 0.3) is 0 Å². The summed E-state index contributed by atoms with van der Waals surface area (Å²) in [6, 6.07) is 5.07. The third kappa shape index (κ3) is 2.55. The van der Waals surface area contributed by atoms with Crippen LogP contribution in [-0.4, -0.2) is 11.5 Å². The molecule has 4 heteroatoms. The molecule has 0 bridgehead atoms. The van der Waals surface area contributed by atoms with Gasteiger partial charge in [-0.05, 0) is 30.5 Å². The highest BCUT2D eigenvalue weighted by molar-refractivity contribution is 5.98. The van der Waals surface area contributed by atoms with Crippen molar-refractivity contribution in [3.8, 4) is 0 Å². The first-order chi connectivity index (χ1) is 9.75. The number of nitrogen functional groups attached to an aromatic ring is 1. The molecule has 106 valence electrons. The van der Waals surface area contributed by atoms with Gasteiger partial charge in [-0.3, -0.25) is 4.98 Å². The summed E-state index contributed by atoms with van der Waals surface area (Å²) in [6.45, 7) is 0.789. The number of nitrogens with two attached hydrogens (primary N) is 1. The van der Waals surface area contributed by atoms with Crippen molar-refractivity contribution in [3.63, 3.8) is 0 Å². The van der Waals surface area contributed by atoms with Gasteiger partial charge in [0.05, 0.1) is 11.2 Å². The van der Waals surface area contributed by atoms with Gasteiger partial charge in [0.1, 0.15) is 0 Å². The molecule has 3 nitrogen and oxygen atoms in total. The van der Waals surface area contributed by atoms with E-state index in [1.165, 1.54) is 31.7 Å². The standard InChI is InChI=1S/C16H20FN3/c17-13-10-14(18)12-6-3-8-19-15(12)16(13)20-9-7-11-4-1-2-5-11/h3,6,8,10-11,20H,1-2,4-5,7,9,18H2. The highest BCUT2D eigenvalue weighted by atomic mass is 19.1. The van der Waals surface area contributed by atoms with Crippen LogP contribution < -0.4 is 11.1 Å². The van der Waals surface area contributed by atoms with E-state index in [0.717, 1.165) is 24.3 Å². The largest absolute Gasteiger partial charge is 0.398 e. The smallest absolute Gasteiger partial charge is 0.150 e. The predicted octanol–water partition coefficient (Wildman–Crippen LogP) is 3.95. The Bertz CT molecular complexity index is 606. The van der Waals surface area contributed by atoms with Crippen LogP contribution in [0.4, 0.5) is 15.8 Å². The molecule has 0 spiro atoms. The van der Waals surface area contributed by atoms with E-state index in [1.807, 2.05) is 12.1 Å². The number of aromatic nitrogens is 1. The number of hydrogen-bond donors (Lipinski definition) is 2. The second-order valence-electron chi connectivity index (χ2n) is 5.59. The maximum atomic E-state index is 14.1. The van der Waals surface area contributed by atoms with E-state index in [0.29, 0.717) is 16.9 Å². The first kappa shape index (κ1) is 13.2. The van der Waals surface area contributed by atoms with Crippen LogP contribution >= 0.6 is 0 Å². The van der Waals surface area contributed by atoms with E-state index < -0.39 is 0 Å². The van der Waals surface area contributed by atoms with Gasteiger partial charge in [0.2, 0.25) is 0 Å². The quantitative estimate of drug-likeness (QED) is 0.829. The molecule has 0 atom stereocenters. The van der Waals surface area contributed by atoms with Gasteiger partial charge in [-0.2, -0.15) is 0 Å². The lowest BCUT2D eigenvalue weighted by Crippen LogP contribution is -2.09. The van der Waals surface area contributed by atoms with E-state index in [-0.39, 0.29) is 5.82 Å². The molecule has 0 aliphatic heterocycles. The summed E-state index contributed by atoms with van der Waals surface area (Å²) < 4.78 is 14.1. The number of halogens is 1. The number of fused-ring (bicyclic) bond motifs is 1. The number of rotatable bonds is 4. The Morgan fingerprint density at radius 2 is 2.15 bits per heavy atom. The van der Waals surface area contributed by atoms with Crippen molar-refractivity contribution in [1.82, 2.24) is 4.98 Å². The molecular weight excluding hydrogens is 253 g/mol. The summed E-state index contributed by atoms with van der Waals surface area (Å²) >= 11 is 0. The normalized spacial score (nSPS) is 15.8. The molecule has 1 heterocycles. The number of hydrogen-bond acceptors (Lipinski definition) is 3. The molecule has 1 aliphatic rings. The molecular formula is C16H20FN3. The van der Waals surface area contributed by atoms with Crippen molar-refractivity contribution in [1.29, 1.82) is 0 Å².